The third kappa shape index (κ3) is 12.0. The van der Waals surface area contributed by atoms with E-state index >= 15 is 0 Å². The minimum absolute atomic E-state index is 0.0231. The number of hydrogen-bond acceptors (Lipinski definition) is 5. The highest BCUT2D eigenvalue weighted by Gasteiger charge is 2.51. The maximum atomic E-state index is 12.3. The molecular weight excluding hydrogens is 504 g/mol. The predicted molar refractivity (Wildman–Crippen MR) is 163 cm³/mol. The normalized spacial score (nSPS) is 17.2. The maximum Gasteiger partial charge on any atom is 0.312 e. The minimum Gasteiger partial charge on any atom is -0.481 e. The summed E-state index contributed by atoms with van der Waals surface area (Å²) in [6.45, 7) is 13.3. The number of piperazine rings is 1. The van der Waals surface area contributed by atoms with Crippen LogP contribution in [0.3, 0.4) is 0 Å². The number of carbonyl (C=O) groups excluding carboxylic acids is 2. The highest BCUT2D eigenvalue weighted by molar-refractivity contribution is 5.82. The van der Waals surface area contributed by atoms with Crippen LogP contribution in [0.25, 0.3) is 0 Å². The number of hydrogen-bond donors (Lipinski definition) is 3. The highest BCUT2D eigenvalue weighted by atomic mass is 16.4. The van der Waals surface area contributed by atoms with Crippen LogP contribution in [0.2, 0.25) is 0 Å². The highest BCUT2D eigenvalue weighted by Crippen LogP contribution is 2.58. The Labute approximate surface area is 242 Å². The molecule has 0 radical (unpaired) electrons. The van der Waals surface area contributed by atoms with Gasteiger partial charge in [0.1, 0.15) is 5.78 Å². The summed E-state index contributed by atoms with van der Waals surface area (Å²) in [4.78, 5) is 37.3. The number of unbranched alkanes of at least 4 members (excludes halogenated alkanes) is 1. The summed E-state index contributed by atoms with van der Waals surface area (Å²) in [5.41, 5.74) is 7.08. The Bertz CT molecular complexity index is 920. The van der Waals surface area contributed by atoms with Gasteiger partial charge in [-0.3, -0.25) is 14.5 Å². The second-order valence-electron chi connectivity index (χ2n) is 11.4. The lowest BCUT2D eigenvalue weighted by Gasteiger charge is -2.38. The molecule has 8 heteroatoms. The first-order valence-electron chi connectivity index (χ1n) is 14.7. The lowest BCUT2D eigenvalue weighted by Crippen LogP contribution is -2.47. The van der Waals surface area contributed by atoms with Crippen LogP contribution in [0.1, 0.15) is 84.1 Å². The number of ketones is 1. The van der Waals surface area contributed by atoms with E-state index in [0.29, 0.717) is 0 Å². The van der Waals surface area contributed by atoms with Gasteiger partial charge >= 0.3 is 12.0 Å². The number of carbonyl (C=O) groups is 3. The molecule has 1 aliphatic carbocycles. The van der Waals surface area contributed by atoms with Crippen LogP contribution in [0.4, 0.5) is 10.5 Å². The fourth-order valence-electron chi connectivity index (χ4n) is 5.59. The van der Waals surface area contributed by atoms with Crippen molar-refractivity contribution in [3.63, 3.8) is 0 Å². The number of carboxylic acid groups (broad SMARTS) is 1. The SMILES string of the molecule is C#C.CC(=O)CNC(N)=O.CCCCC(CCC)(CC1(CCN2CCN(c3ccc(C)cc3)CC2)CC1)C(=O)O. The van der Waals surface area contributed by atoms with Gasteiger partial charge in [0.15, 0.2) is 0 Å². The van der Waals surface area contributed by atoms with Crippen LogP contribution in [0, 0.1) is 30.6 Å². The molecule has 2 fully saturated rings. The Morgan fingerprint density at radius 1 is 1.02 bits per heavy atom. The number of primary amides is 1. The molecule has 40 heavy (non-hydrogen) atoms. The fourth-order valence-corrected chi connectivity index (χ4v) is 5.59. The molecule has 8 nitrogen and oxygen atoms in total. The lowest BCUT2D eigenvalue weighted by molar-refractivity contribution is -0.152. The van der Waals surface area contributed by atoms with E-state index in [1.165, 1.54) is 37.4 Å². The number of nitrogens with zero attached hydrogens (tertiary/aromatic N) is 2. The van der Waals surface area contributed by atoms with Gasteiger partial charge in [-0.15, -0.1) is 12.8 Å². The van der Waals surface area contributed by atoms with Crippen molar-refractivity contribution in [1.82, 2.24) is 10.2 Å². The van der Waals surface area contributed by atoms with E-state index in [-0.39, 0.29) is 17.7 Å². The van der Waals surface area contributed by atoms with Gasteiger partial charge in [-0.25, -0.2) is 4.79 Å². The molecule has 2 aliphatic rings. The second kappa shape index (κ2) is 17.6. The number of terminal acetylenes is 1. The Balaban J connectivity index is 0.000000689. The molecule has 1 unspecified atom stereocenters. The van der Waals surface area contributed by atoms with Crippen molar-refractivity contribution in [1.29, 1.82) is 0 Å². The van der Waals surface area contributed by atoms with Crippen molar-refractivity contribution in [2.45, 2.75) is 85.5 Å². The summed E-state index contributed by atoms with van der Waals surface area (Å²) in [7, 11) is 0. The van der Waals surface area contributed by atoms with Crippen LogP contribution < -0.4 is 16.0 Å². The summed E-state index contributed by atoms with van der Waals surface area (Å²) in [5, 5.41) is 12.3. The van der Waals surface area contributed by atoms with E-state index in [0.717, 1.165) is 71.2 Å². The van der Waals surface area contributed by atoms with Gasteiger partial charge in [-0.2, -0.15) is 0 Å². The number of nitrogens with one attached hydrogen (secondary N) is 1. The topological polar surface area (TPSA) is 116 Å². The van der Waals surface area contributed by atoms with E-state index in [4.69, 9.17) is 0 Å². The van der Waals surface area contributed by atoms with E-state index < -0.39 is 17.4 Å². The molecule has 1 atom stereocenters. The van der Waals surface area contributed by atoms with Crippen LogP contribution in [0.15, 0.2) is 24.3 Å². The standard InChI is InChI=1S/C26H42N2O2.C4H8N2O2.C2H2/c1-4-6-12-26(11-5-2,24(29)30)21-25(13-14-25)15-16-27-17-19-28(20-18-27)23-9-7-22(3)8-10-23;1-3(7)2-6-4(5)8;1-2/h7-10H,4-6,11-21H2,1-3H3,(H,29,30);2H2,1H3,(H3,5,6,8);1-2H. The Morgan fingerprint density at radius 2 is 1.62 bits per heavy atom. The first kappa shape index (κ1) is 35.0. The van der Waals surface area contributed by atoms with Gasteiger partial charge in [0, 0.05) is 31.9 Å². The number of amides is 2. The molecule has 2 amide bonds. The third-order valence-corrected chi connectivity index (χ3v) is 8.10. The van der Waals surface area contributed by atoms with Gasteiger partial charge < -0.3 is 21.1 Å². The molecule has 1 heterocycles. The van der Waals surface area contributed by atoms with Gasteiger partial charge in [-0.05, 0) is 76.5 Å². The number of aryl methyl sites for hydroxylation is 1. The Kier molecular flexibility index (Phi) is 15.4. The largest absolute Gasteiger partial charge is 0.481 e. The minimum atomic E-state index is -0.666. The summed E-state index contributed by atoms with van der Waals surface area (Å²) in [6.07, 6.45) is 17.3. The number of Topliss-reactive ketones (excluding diaryl/α,β-unsaturated/α-hetero) is 1. The lowest BCUT2D eigenvalue weighted by atomic mass is 9.70. The smallest absolute Gasteiger partial charge is 0.312 e. The van der Waals surface area contributed by atoms with E-state index in [9.17, 15) is 19.5 Å². The van der Waals surface area contributed by atoms with Gasteiger partial charge in [-0.1, -0.05) is 50.8 Å². The zero-order valence-electron chi connectivity index (χ0n) is 25.2. The molecule has 224 valence electrons. The van der Waals surface area contributed by atoms with E-state index in [1.807, 2.05) is 0 Å². The number of benzene rings is 1. The average molecular weight is 557 g/mol. The van der Waals surface area contributed by atoms with E-state index in [2.05, 4.69) is 78.7 Å². The fraction of sp³-hybridized carbons (Fsp3) is 0.656. The number of aliphatic carboxylic acids is 1. The van der Waals surface area contributed by atoms with Crippen molar-refractivity contribution in [3.05, 3.63) is 29.8 Å². The number of nitrogens with two attached hydrogens (primary N) is 1. The molecule has 1 aliphatic heterocycles. The van der Waals surface area contributed by atoms with Gasteiger partial charge in [0.2, 0.25) is 0 Å². The first-order chi connectivity index (χ1) is 19.0. The number of carboxylic acids is 1. The van der Waals surface area contributed by atoms with Gasteiger partial charge in [0.05, 0.1) is 12.0 Å². The molecule has 0 spiro atoms. The predicted octanol–water partition coefficient (Wildman–Crippen LogP) is 5.23. The average Bonchev–Trinajstić information content (AvgIpc) is 3.71. The molecule has 0 bridgehead atoms. The Morgan fingerprint density at radius 3 is 2.05 bits per heavy atom. The molecule has 0 aromatic heterocycles. The summed E-state index contributed by atoms with van der Waals surface area (Å²) < 4.78 is 0. The second-order valence-corrected chi connectivity index (χ2v) is 11.4. The molecule has 1 saturated heterocycles. The molecule has 1 aromatic carbocycles. The zero-order chi connectivity index (χ0) is 30.2. The molecular formula is C32H52N4O4. The Hall–Kier alpha value is -3.05. The van der Waals surface area contributed by atoms with Crippen LogP contribution in [-0.4, -0.2) is 67.1 Å². The number of anilines is 1. The van der Waals surface area contributed by atoms with Crippen molar-refractivity contribution in [2.75, 3.05) is 44.2 Å². The summed E-state index contributed by atoms with van der Waals surface area (Å²) >= 11 is 0. The van der Waals surface area contributed by atoms with Gasteiger partial charge in [0.25, 0.3) is 0 Å². The summed E-state index contributed by atoms with van der Waals surface area (Å²) in [5.74, 6) is -0.653. The summed E-state index contributed by atoms with van der Waals surface area (Å²) in [6, 6.07) is 8.20. The van der Waals surface area contributed by atoms with Crippen molar-refractivity contribution >= 4 is 23.5 Å². The van der Waals surface area contributed by atoms with Crippen molar-refractivity contribution in [3.8, 4) is 12.8 Å². The molecule has 1 aromatic rings. The monoisotopic (exact) mass is 556 g/mol. The first-order valence-corrected chi connectivity index (χ1v) is 14.7. The van der Waals surface area contributed by atoms with E-state index in [1.54, 1.807) is 0 Å². The molecule has 4 N–H and O–H groups in total. The van der Waals surface area contributed by atoms with Crippen molar-refractivity contribution < 1.29 is 19.5 Å². The number of urea groups is 1. The van der Waals surface area contributed by atoms with Crippen LogP contribution >= 0.6 is 0 Å². The molecule has 3 rings (SSSR count). The quantitative estimate of drug-likeness (QED) is 0.270. The van der Waals surface area contributed by atoms with Crippen molar-refractivity contribution in [2.24, 2.45) is 16.6 Å². The third-order valence-electron chi connectivity index (χ3n) is 8.10. The van der Waals surface area contributed by atoms with Crippen LogP contribution in [-0.2, 0) is 9.59 Å². The zero-order valence-corrected chi connectivity index (χ0v) is 25.2. The number of rotatable bonds is 14. The van der Waals surface area contributed by atoms with Crippen LogP contribution in [0.5, 0.6) is 0 Å². The maximum absolute atomic E-state index is 12.3. The molecule has 1 saturated carbocycles.